The van der Waals surface area contributed by atoms with Gasteiger partial charge >= 0.3 is 0 Å². The molecule has 0 aliphatic heterocycles. The number of carbonyl (C=O) groups is 1. The molecule has 1 amide bonds. The van der Waals surface area contributed by atoms with Gasteiger partial charge in [-0.15, -0.1) is 0 Å². The Morgan fingerprint density at radius 1 is 1.54 bits per heavy atom. The maximum atomic E-state index is 11.3. The zero-order valence-corrected chi connectivity index (χ0v) is 8.03. The molecule has 0 spiro atoms. The van der Waals surface area contributed by atoms with Crippen LogP contribution < -0.4 is 5.32 Å². The summed E-state index contributed by atoms with van der Waals surface area (Å²) in [7, 11) is 1.56. The van der Waals surface area contributed by atoms with Gasteiger partial charge in [-0.1, -0.05) is 6.08 Å². The van der Waals surface area contributed by atoms with Crippen LogP contribution >= 0.6 is 0 Å². The first-order chi connectivity index (χ1) is 6.17. The Morgan fingerprint density at radius 3 is 2.54 bits per heavy atom. The molecule has 0 aromatic carbocycles. The predicted octanol–water partition coefficient (Wildman–Crippen LogP) is 1.17. The molecule has 0 aromatic rings. The second-order valence-electron chi connectivity index (χ2n) is 2.33. The molecule has 0 aliphatic carbocycles. The van der Waals surface area contributed by atoms with Gasteiger partial charge < -0.3 is 10.4 Å². The van der Waals surface area contributed by atoms with E-state index < -0.39 is 0 Å². The van der Waals surface area contributed by atoms with Gasteiger partial charge in [0.2, 0.25) is 0 Å². The zero-order chi connectivity index (χ0) is 10.3. The molecule has 4 heteroatoms. The number of carbonyl (C=O) groups excluding carboxylic acids is 1. The van der Waals surface area contributed by atoms with Crippen molar-refractivity contribution in [3.63, 3.8) is 0 Å². The Labute approximate surface area is 77.7 Å². The number of aliphatic imine (C=N–C) groups is 1. The summed E-state index contributed by atoms with van der Waals surface area (Å²) in [6, 6.07) is 0. The maximum Gasteiger partial charge on any atom is 0.260 e. The molecular weight excluding hydrogens is 168 g/mol. The fraction of sp³-hybridized carbons (Fsp3) is 0.333. The first-order valence-corrected chi connectivity index (χ1v) is 3.87. The summed E-state index contributed by atoms with van der Waals surface area (Å²) in [6.45, 7) is 3.43. The van der Waals surface area contributed by atoms with E-state index in [1.54, 1.807) is 27.0 Å². The van der Waals surface area contributed by atoms with Crippen LogP contribution in [0.3, 0.4) is 0 Å². The lowest BCUT2D eigenvalue weighted by molar-refractivity contribution is -0.116. The molecule has 4 nitrogen and oxygen atoms in total. The topological polar surface area (TPSA) is 61.7 Å². The van der Waals surface area contributed by atoms with E-state index in [2.05, 4.69) is 10.3 Å². The minimum absolute atomic E-state index is 0.167. The Balaban J connectivity index is 4.53. The van der Waals surface area contributed by atoms with Gasteiger partial charge in [-0.25, -0.2) is 0 Å². The van der Waals surface area contributed by atoms with E-state index in [1.807, 2.05) is 0 Å². The molecule has 0 saturated carbocycles. The summed E-state index contributed by atoms with van der Waals surface area (Å²) >= 11 is 0. The number of nitrogens with one attached hydrogen (secondary N) is 1. The molecule has 2 N–H and O–H groups in total. The largest absolute Gasteiger partial charge is 0.515 e. The highest BCUT2D eigenvalue weighted by Crippen LogP contribution is 1.97. The fourth-order valence-corrected chi connectivity index (χ4v) is 0.674. The number of aliphatic hydroxyl groups excluding tert-OH is 1. The molecule has 0 aliphatic rings. The van der Waals surface area contributed by atoms with Gasteiger partial charge in [0.05, 0.1) is 11.8 Å². The number of amides is 1. The Kier molecular flexibility index (Phi) is 5.27. The quantitative estimate of drug-likeness (QED) is 0.391. The minimum Gasteiger partial charge on any atom is -0.515 e. The van der Waals surface area contributed by atoms with Crippen LogP contribution in [0.1, 0.15) is 13.8 Å². The number of hydrogen-bond donors (Lipinski definition) is 2. The highest BCUT2D eigenvalue weighted by molar-refractivity contribution is 6.20. The Bertz CT molecular complexity index is 265. The first-order valence-electron chi connectivity index (χ1n) is 3.87. The van der Waals surface area contributed by atoms with Crippen LogP contribution in [0.2, 0.25) is 0 Å². The van der Waals surface area contributed by atoms with Crippen molar-refractivity contribution in [2.24, 2.45) is 4.99 Å². The summed E-state index contributed by atoms with van der Waals surface area (Å²) in [5.41, 5.74) is 0.658. The highest BCUT2D eigenvalue weighted by Gasteiger charge is 2.10. The number of aliphatic hydroxyl groups is 1. The molecular formula is C9H14N2O2. The first kappa shape index (κ1) is 11.4. The van der Waals surface area contributed by atoms with Crippen molar-refractivity contribution in [1.82, 2.24) is 5.32 Å². The number of rotatable bonds is 3. The minimum atomic E-state index is -0.372. The third kappa shape index (κ3) is 3.55. The van der Waals surface area contributed by atoms with Crippen molar-refractivity contribution >= 4 is 11.6 Å². The van der Waals surface area contributed by atoms with Crippen molar-refractivity contribution in [2.75, 3.05) is 7.05 Å². The normalized spacial score (nSPS) is 13.5. The molecule has 72 valence electrons. The van der Waals surface area contributed by atoms with E-state index in [4.69, 9.17) is 5.11 Å². The second kappa shape index (κ2) is 5.99. The van der Waals surface area contributed by atoms with Gasteiger partial charge in [0, 0.05) is 12.8 Å². The number of nitrogens with zero attached hydrogens (tertiary/aromatic N) is 1. The summed E-state index contributed by atoms with van der Waals surface area (Å²) in [5, 5.41) is 11.2. The number of hydrogen-bond acceptors (Lipinski definition) is 3. The fourth-order valence-electron chi connectivity index (χ4n) is 0.674. The monoisotopic (exact) mass is 182 g/mol. The predicted molar refractivity (Wildman–Crippen MR) is 52.7 cm³/mol. The summed E-state index contributed by atoms with van der Waals surface area (Å²) in [4.78, 5) is 15.1. The van der Waals surface area contributed by atoms with E-state index in [0.29, 0.717) is 5.71 Å². The molecule has 13 heavy (non-hydrogen) atoms. The molecule has 0 unspecified atom stereocenters. The van der Waals surface area contributed by atoms with Crippen molar-refractivity contribution < 1.29 is 9.90 Å². The third-order valence-corrected chi connectivity index (χ3v) is 1.48. The molecule has 0 radical (unpaired) electrons. The molecule has 0 bridgehead atoms. The Hall–Kier alpha value is -1.58. The summed E-state index contributed by atoms with van der Waals surface area (Å²) in [6.07, 6.45) is 3.93. The standard InChI is InChI=1S/C9H14N2O2/c1-4-5-11-9(13)8(6-12)7(2)10-3/h4-6,12H,1-3H3,(H,11,13)/b5-4-,8-6?,10-7?. The van der Waals surface area contributed by atoms with Gasteiger partial charge in [0.1, 0.15) is 0 Å². The molecule has 0 fully saturated rings. The second-order valence-corrected chi connectivity index (χ2v) is 2.33. The Morgan fingerprint density at radius 2 is 2.15 bits per heavy atom. The SMILES string of the molecule is C/C=C\NC(=O)C(=CO)C(C)=NC. The van der Waals surface area contributed by atoms with Crippen LogP contribution in [0.4, 0.5) is 0 Å². The molecule has 0 atom stereocenters. The van der Waals surface area contributed by atoms with Crippen molar-refractivity contribution in [2.45, 2.75) is 13.8 Å². The van der Waals surface area contributed by atoms with Crippen LogP contribution in [-0.4, -0.2) is 23.8 Å². The van der Waals surface area contributed by atoms with Gasteiger partial charge in [0.25, 0.3) is 5.91 Å². The van der Waals surface area contributed by atoms with Crippen LogP contribution in [0.15, 0.2) is 29.1 Å². The molecule has 0 saturated heterocycles. The summed E-state index contributed by atoms with van der Waals surface area (Å²) < 4.78 is 0. The van der Waals surface area contributed by atoms with E-state index in [0.717, 1.165) is 6.26 Å². The van der Waals surface area contributed by atoms with Crippen molar-refractivity contribution in [3.8, 4) is 0 Å². The van der Waals surface area contributed by atoms with E-state index in [9.17, 15) is 4.79 Å². The van der Waals surface area contributed by atoms with Gasteiger partial charge in [-0.2, -0.15) is 0 Å². The lowest BCUT2D eigenvalue weighted by atomic mass is 10.2. The zero-order valence-electron chi connectivity index (χ0n) is 8.03. The average molecular weight is 182 g/mol. The van der Waals surface area contributed by atoms with Crippen LogP contribution in [0, 0.1) is 0 Å². The lowest BCUT2D eigenvalue weighted by Crippen LogP contribution is -2.23. The lowest BCUT2D eigenvalue weighted by Gasteiger charge is -2.02. The smallest absolute Gasteiger partial charge is 0.260 e. The van der Waals surface area contributed by atoms with Gasteiger partial charge in [-0.3, -0.25) is 9.79 Å². The van der Waals surface area contributed by atoms with E-state index in [1.165, 1.54) is 6.20 Å². The molecule has 0 heterocycles. The van der Waals surface area contributed by atoms with Crippen molar-refractivity contribution in [1.29, 1.82) is 0 Å². The average Bonchev–Trinajstić information content (AvgIpc) is 2.15. The third-order valence-electron chi connectivity index (χ3n) is 1.48. The van der Waals surface area contributed by atoms with Crippen LogP contribution in [0.5, 0.6) is 0 Å². The molecule has 0 aromatic heterocycles. The van der Waals surface area contributed by atoms with Gasteiger partial charge in [-0.05, 0) is 20.0 Å². The van der Waals surface area contributed by atoms with Gasteiger partial charge in [0.15, 0.2) is 0 Å². The highest BCUT2D eigenvalue weighted by atomic mass is 16.2. The van der Waals surface area contributed by atoms with Crippen LogP contribution in [-0.2, 0) is 4.79 Å². The molecule has 0 rings (SSSR count). The van der Waals surface area contributed by atoms with Crippen molar-refractivity contribution in [3.05, 3.63) is 24.1 Å². The van der Waals surface area contributed by atoms with Crippen LogP contribution in [0.25, 0.3) is 0 Å². The number of allylic oxidation sites excluding steroid dienone is 1. The maximum absolute atomic E-state index is 11.3. The van der Waals surface area contributed by atoms with E-state index >= 15 is 0 Å². The van der Waals surface area contributed by atoms with E-state index in [-0.39, 0.29) is 11.5 Å². The summed E-state index contributed by atoms with van der Waals surface area (Å²) in [5.74, 6) is -0.372.